The monoisotopic (exact) mass is 253 g/mol. The third kappa shape index (κ3) is 2.43. The second-order valence-electron chi connectivity index (χ2n) is 4.74. The van der Waals surface area contributed by atoms with Gasteiger partial charge in [0.25, 0.3) is 0 Å². The Balaban J connectivity index is 2.44. The summed E-state index contributed by atoms with van der Waals surface area (Å²) in [5, 5.41) is 4.28. The Hall–Kier alpha value is -0.730. The molecule has 0 heterocycles. The van der Waals surface area contributed by atoms with E-state index in [1.54, 1.807) is 7.11 Å². The van der Waals surface area contributed by atoms with Crippen molar-refractivity contribution < 1.29 is 4.74 Å². The van der Waals surface area contributed by atoms with Gasteiger partial charge >= 0.3 is 0 Å². The van der Waals surface area contributed by atoms with Gasteiger partial charge in [-0.1, -0.05) is 30.9 Å². The smallest absolute Gasteiger partial charge is 0.124 e. The Morgan fingerprint density at radius 2 is 1.94 bits per heavy atom. The minimum Gasteiger partial charge on any atom is -0.496 e. The molecule has 0 aromatic heterocycles. The van der Waals surface area contributed by atoms with E-state index >= 15 is 0 Å². The first-order chi connectivity index (χ1) is 8.22. The minimum absolute atomic E-state index is 0.0362. The van der Waals surface area contributed by atoms with E-state index in [1.807, 2.05) is 25.2 Å². The maximum Gasteiger partial charge on any atom is 0.124 e. The summed E-state index contributed by atoms with van der Waals surface area (Å²) in [7, 11) is 3.75. The number of rotatable bonds is 3. The van der Waals surface area contributed by atoms with Crippen LogP contribution in [0.2, 0.25) is 5.02 Å². The van der Waals surface area contributed by atoms with Crippen LogP contribution >= 0.6 is 11.6 Å². The Kier molecular flexibility index (Phi) is 3.95. The molecule has 0 unspecified atom stereocenters. The van der Waals surface area contributed by atoms with Gasteiger partial charge < -0.3 is 10.1 Å². The normalized spacial score (nSPS) is 19.0. The molecular weight excluding hydrogens is 234 g/mol. The van der Waals surface area contributed by atoms with Gasteiger partial charge in [-0.05, 0) is 38.1 Å². The molecule has 1 N–H and O–H groups in total. The summed E-state index contributed by atoms with van der Waals surface area (Å²) in [4.78, 5) is 0. The average molecular weight is 254 g/mol. The zero-order valence-electron chi connectivity index (χ0n) is 10.6. The van der Waals surface area contributed by atoms with Crippen molar-refractivity contribution in [2.45, 2.75) is 37.6 Å². The summed E-state index contributed by atoms with van der Waals surface area (Å²) in [6.07, 6.45) is 6.15. The van der Waals surface area contributed by atoms with Crippen molar-refractivity contribution in [1.82, 2.24) is 5.32 Å². The van der Waals surface area contributed by atoms with E-state index in [2.05, 4.69) is 5.32 Å². The largest absolute Gasteiger partial charge is 0.496 e. The first-order valence-electron chi connectivity index (χ1n) is 6.25. The molecule has 2 nitrogen and oxygen atoms in total. The van der Waals surface area contributed by atoms with Crippen molar-refractivity contribution in [2.24, 2.45) is 0 Å². The Labute approximate surface area is 108 Å². The van der Waals surface area contributed by atoms with Gasteiger partial charge in [0, 0.05) is 16.1 Å². The van der Waals surface area contributed by atoms with Crippen LogP contribution < -0.4 is 10.1 Å². The highest BCUT2D eigenvalue weighted by Gasteiger charge is 2.34. The first-order valence-corrected chi connectivity index (χ1v) is 6.62. The van der Waals surface area contributed by atoms with E-state index in [0.29, 0.717) is 0 Å². The lowest BCUT2D eigenvalue weighted by atomic mass is 9.76. The van der Waals surface area contributed by atoms with Crippen molar-refractivity contribution in [2.75, 3.05) is 14.2 Å². The molecule has 3 heteroatoms. The van der Waals surface area contributed by atoms with Gasteiger partial charge in [-0.2, -0.15) is 0 Å². The zero-order valence-corrected chi connectivity index (χ0v) is 11.3. The number of ether oxygens (including phenoxy) is 1. The van der Waals surface area contributed by atoms with Gasteiger partial charge in [0.2, 0.25) is 0 Å². The molecule has 94 valence electrons. The van der Waals surface area contributed by atoms with Gasteiger partial charge in [-0.15, -0.1) is 0 Å². The fraction of sp³-hybridized carbons (Fsp3) is 0.571. The van der Waals surface area contributed by atoms with E-state index in [1.165, 1.54) is 24.8 Å². The molecule has 1 fully saturated rings. The fourth-order valence-corrected chi connectivity index (χ4v) is 3.04. The summed E-state index contributed by atoms with van der Waals surface area (Å²) in [6, 6.07) is 5.89. The second kappa shape index (κ2) is 5.28. The van der Waals surface area contributed by atoms with Crippen molar-refractivity contribution >= 4 is 11.6 Å². The van der Waals surface area contributed by atoms with Gasteiger partial charge in [-0.25, -0.2) is 0 Å². The molecule has 0 spiro atoms. The average Bonchev–Trinajstić information content (AvgIpc) is 2.39. The van der Waals surface area contributed by atoms with Crippen LogP contribution in [0, 0.1) is 0 Å². The van der Waals surface area contributed by atoms with Crippen LogP contribution in [0.3, 0.4) is 0 Å². The predicted molar refractivity (Wildman–Crippen MR) is 71.8 cm³/mol. The number of benzene rings is 1. The van der Waals surface area contributed by atoms with Crippen LogP contribution in [0.25, 0.3) is 0 Å². The summed E-state index contributed by atoms with van der Waals surface area (Å²) in [5.41, 5.74) is 1.24. The third-order valence-corrected chi connectivity index (χ3v) is 4.10. The summed E-state index contributed by atoms with van der Waals surface area (Å²) >= 11 is 6.13. The van der Waals surface area contributed by atoms with Crippen LogP contribution in [0.5, 0.6) is 5.75 Å². The van der Waals surface area contributed by atoms with Crippen molar-refractivity contribution in [3.63, 3.8) is 0 Å². The maximum absolute atomic E-state index is 6.13. The summed E-state index contributed by atoms with van der Waals surface area (Å²) < 4.78 is 5.48. The molecule has 1 aromatic carbocycles. The standard InChI is InChI=1S/C14H20ClNO/c1-16-14(8-4-3-5-9-14)12-10-11(15)6-7-13(12)17-2/h6-7,10,16H,3-5,8-9H2,1-2H3. The van der Waals surface area contributed by atoms with Crippen molar-refractivity contribution in [3.05, 3.63) is 28.8 Å². The molecule has 1 saturated carbocycles. The van der Waals surface area contributed by atoms with Crippen LogP contribution in [0.15, 0.2) is 18.2 Å². The highest BCUT2D eigenvalue weighted by atomic mass is 35.5. The van der Waals surface area contributed by atoms with E-state index in [0.717, 1.165) is 23.6 Å². The zero-order chi connectivity index (χ0) is 12.3. The van der Waals surface area contributed by atoms with Gasteiger partial charge in [0.1, 0.15) is 5.75 Å². The number of halogens is 1. The summed E-state index contributed by atoms with van der Waals surface area (Å²) in [6.45, 7) is 0. The quantitative estimate of drug-likeness (QED) is 0.886. The van der Waals surface area contributed by atoms with E-state index < -0.39 is 0 Å². The molecular formula is C14H20ClNO. The number of hydrogen-bond donors (Lipinski definition) is 1. The molecule has 1 aliphatic rings. The Bertz CT molecular complexity index is 386. The van der Waals surface area contributed by atoms with Crippen LogP contribution in [-0.4, -0.2) is 14.2 Å². The lowest BCUT2D eigenvalue weighted by molar-refractivity contribution is 0.241. The number of methoxy groups -OCH3 is 1. The van der Waals surface area contributed by atoms with Crippen molar-refractivity contribution in [1.29, 1.82) is 0 Å². The molecule has 1 aromatic rings. The van der Waals surface area contributed by atoms with Gasteiger partial charge in [-0.3, -0.25) is 0 Å². The Morgan fingerprint density at radius 3 is 2.53 bits per heavy atom. The molecule has 0 aliphatic heterocycles. The second-order valence-corrected chi connectivity index (χ2v) is 5.17. The van der Waals surface area contributed by atoms with E-state index in [-0.39, 0.29) is 5.54 Å². The van der Waals surface area contributed by atoms with Gasteiger partial charge in [0.15, 0.2) is 0 Å². The molecule has 0 amide bonds. The molecule has 0 radical (unpaired) electrons. The third-order valence-electron chi connectivity index (χ3n) is 3.86. The number of nitrogens with one attached hydrogen (secondary N) is 1. The molecule has 17 heavy (non-hydrogen) atoms. The van der Waals surface area contributed by atoms with Crippen LogP contribution in [0.4, 0.5) is 0 Å². The maximum atomic E-state index is 6.13. The molecule has 0 bridgehead atoms. The Morgan fingerprint density at radius 1 is 1.24 bits per heavy atom. The number of hydrogen-bond acceptors (Lipinski definition) is 2. The summed E-state index contributed by atoms with van der Waals surface area (Å²) in [5.74, 6) is 0.936. The van der Waals surface area contributed by atoms with E-state index in [9.17, 15) is 0 Å². The predicted octanol–water partition coefficient (Wildman–Crippen LogP) is 3.73. The topological polar surface area (TPSA) is 21.3 Å². The van der Waals surface area contributed by atoms with Crippen LogP contribution in [-0.2, 0) is 5.54 Å². The molecule has 0 atom stereocenters. The fourth-order valence-electron chi connectivity index (χ4n) is 2.86. The van der Waals surface area contributed by atoms with Crippen molar-refractivity contribution in [3.8, 4) is 5.75 Å². The lowest BCUT2D eigenvalue weighted by Crippen LogP contribution is -2.42. The van der Waals surface area contributed by atoms with Gasteiger partial charge in [0.05, 0.1) is 7.11 Å². The van der Waals surface area contributed by atoms with Crippen LogP contribution in [0.1, 0.15) is 37.7 Å². The molecule has 0 saturated heterocycles. The first kappa shape index (κ1) is 12.7. The highest BCUT2D eigenvalue weighted by Crippen LogP contribution is 2.41. The minimum atomic E-state index is 0.0362. The highest BCUT2D eigenvalue weighted by molar-refractivity contribution is 6.30. The SMILES string of the molecule is CNC1(c2cc(Cl)ccc2OC)CCCCC1. The van der Waals surface area contributed by atoms with E-state index in [4.69, 9.17) is 16.3 Å². The lowest BCUT2D eigenvalue weighted by Gasteiger charge is -2.38. The molecule has 2 rings (SSSR count). The molecule has 1 aliphatic carbocycles.